The minimum atomic E-state index is -0.683. The second-order valence-electron chi connectivity index (χ2n) is 7.70. The molecule has 3 aromatic rings. The summed E-state index contributed by atoms with van der Waals surface area (Å²) in [5.74, 6) is 0.300. The maximum absolute atomic E-state index is 12.8. The Morgan fingerprint density at radius 2 is 1.84 bits per heavy atom. The number of hydrogen-bond acceptors (Lipinski definition) is 10. The highest BCUT2D eigenvalue weighted by Crippen LogP contribution is 2.34. The number of nitrogens with two attached hydrogens (primary N) is 1. The number of nitrogens with zero attached hydrogens (tertiary/aromatic N) is 3. The number of thioether (sulfide) groups is 1. The molecule has 198 valence electrons. The summed E-state index contributed by atoms with van der Waals surface area (Å²) in [6, 6.07) is 7.23. The topological polar surface area (TPSA) is 148 Å². The zero-order valence-corrected chi connectivity index (χ0v) is 22.8. The molecule has 0 radical (unpaired) electrons. The summed E-state index contributed by atoms with van der Waals surface area (Å²) in [4.78, 5) is 37.1. The number of methoxy groups -OCH3 is 1. The molecule has 11 nitrogen and oxygen atoms in total. The van der Waals surface area contributed by atoms with Crippen molar-refractivity contribution in [2.75, 3.05) is 24.8 Å². The molecule has 1 unspecified atom stereocenters. The Morgan fingerprint density at radius 3 is 2.43 bits per heavy atom. The zero-order valence-electron chi connectivity index (χ0n) is 21.2. The van der Waals surface area contributed by atoms with Gasteiger partial charge in [-0.05, 0) is 57.5 Å². The molecule has 13 heteroatoms. The first-order chi connectivity index (χ1) is 17.7. The van der Waals surface area contributed by atoms with Gasteiger partial charge in [-0.1, -0.05) is 11.8 Å². The van der Waals surface area contributed by atoms with Gasteiger partial charge in [-0.2, -0.15) is 0 Å². The van der Waals surface area contributed by atoms with Crippen LogP contribution in [0.4, 0.5) is 5.00 Å². The van der Waals surface area contributed by atoms with Crippen molar-refractivity contribution < 1.29 is 28.6 Å². The van der Waals surface area contributed by atoms with Crippen molar-refractivity contribution in [3.05, 3.63) is 46.1 Å². The van der Waals surface area contributed by atoms with E-state index in [1.54, 1.807) is 33.1 Å². The van der Waals surface area contributed by atoms with Crippen LogP contribution in [-0.4, -0.2) is 52.0 Å². The van der Waals surface area contributed by atoms with Crippen molar-refractivity contribution in [3.8, 4) is 11.5 Å². The molecular weight excluding hydrogens is 518 g/mol. The number of primary amides is 1. The number of carbonyl (C=O) groups excluding carboxylic acids is 3. The summed E-state index contributed by atoms with van der Waals surface area (Å²) in [7, 11) is 1.60. The summed E-state index contributed by atoms with van der Waals surface area (Å²) in [6.45, 7) is 7.80. The van der Waals surface area contributed by atoms with Crippen LogP contribution in [0.15, 0.2) is 29.4 Å². The Kier molecular flexibility index (Phi) is 9.53. The Hall–Kier alpha value is -3.58. The van der Waals surface area contributed by atoms with E-state index in [1.165, 1.54) is 11.8 Å². The third-order valence-electron chi connectivity index (χ3n) is 5.23. The second-order valence-corrected chi connectivity index (χ2v) is 9.67. The van der Waals surface area contributed by atoms with E-state index in [1.807, 2.05) is 30.5 Å². The normalized spacial score (nSPS) is 11.6. The average molecular weight is 548 g/mol. The van der Waals surface area contributed by atoms with Crippen molar-refractivity contribution >= 4 is 45.9 Å². The highest BCUT2D eigenvalue weighted by molar-refractivity contribution is 7.99. The van der Waals surface area contributed by atoms with Gasteiger partial charge in [-0.3, -0.25) is 9.59 Å². The van der Waals surface area contributed by atoms with E-state index < -0.39 is 18.0 Å². The SMILES string of the molecule is CCOC(=O)c1c(NC(=O)CSc2nnc(C(C)Oc3ccc(OC)cc3)n2CC)sc(C(N)=O)c1C. The standard InChI is InChI=1S/C24H29N5O6S2/c1-6-29-21(14(4)35-16-10-8-15(33-5)9-11-16)27-28-24(29)36-12-17(30)26-22-18(23(32)34-7-2)13(3)19(37-22)20(25)31/h8-11,14H,6-7,12H2,1-5H3,(H2,25,31)(H,26,30). The van der Waals surface area contributed by atoms with Gasteiger partial charge >= 0.3 is 5.97 Å². The molecule has 2 amide bonds. The van der Waals surface area contributed by atoms with E-state index in [0.29, 0.717) is 28.8 Å². The molecule has 0 saturated carbocycles. The van der Waals surface area contributed by atoms with Gasteiger partial charge in [0.05, 0.1) is 29.9 Å². The molecule has 1 atom stereocenters. The van der Waals surface area contributed by atoms with E-state index >= 15 is 0 Å². The molecule has 0 bridgehead atoms. The van der Waals surface area contributed by atoms with Crippen LogP contribution in [0.1, 0.15) is 58.3 Å². The quantitative estimate of drug-likeness (QED) is 0.255. The molecule has 0 fully saturated rings. The number of thiophene rings is 1. The number of amides is 2. The fraction of sp³-hybridized carbons (Fsp3) is 0.375. The smallest absolute Gasteiger partial charge is 0.341 e. The number of nitrogens with one attached hydrogen (secondary N) is 1. The van der Waals surface area contributed by atoms with E-state index in [4.69, 9.17) is 19.9 Å². The molecule has 1 aromatic carbocycles. The first kappa shape index (κ1) is 28.0. The summed E-state index contributed by atoms with van der Waals surface area (Å²) in [5.41, 5.74) is 5.93. The van der Waals surface area contributed by atoms with E-state index in [0.717, 1.165) is 17.1 Å². The maximum Gasteiger partial charge on any atom is 0.341 e. The largest absolute Gasteiger partial charge is 0.497 e. The summed E-state index contributed by atoms with van der Waals surface area (Å²) in [6.07, 6.45) is -0.391. The van der Waals surface area contributed by atoms with E-state index in [9.17, 15) is 14.4 Å². The molecule has 0 aliphatic rings. The average Bonchev–Trinajstić information content (AvgIpc) is 3.43. The van der Waals surface area contributed by atoms with Gasteiger partial charge in [0.1, 0.15) is 16.5 Å². The van der Waals surface area contributed by atoms with Gasteiger partial charge in [0.25, 0.3) is 5.91 Å². The lowest BCUT2D eigenvalue weighted by molar-refractivity contribution is -0.113. The predicted molar refractivity (Wildman–Crippen MR) is 141 cm³/mol. The fourth-order valence-electron chi connectivity index (χ4n) is 3.49. The Bertz CT molecular complexity index is 1270. The summed E-state index contributed by atoms with van der Waals surface area (Å²) in [5, 5.41) is 12.0. The number of anilines is 1. The lowest BCUT2D eigenvalue weighted by Crippen LogP contribution is -2.17. The van der Waals surface area contributed by atoms with Crippen molar-refractivity contribution in [3.63, 3.8) is 0 Å². The zero-order chi connectivity index (χ0) is 27.1. The van der Waals surface area contributed by atoms with Crippen molar-refractivity contribution in [2.24, 2.45) is 5.73 Å². The number of benzene rings is 1. The highest BCUT2D eigenvalue weighted by Gasteiger charge is 2.26. The van der Waals surface area contributed by atoms with Gasteiger partial charge in [0.2, 0.25) is 5.91 Å². The number of rotatable bonds is 12. The molecule has 0 aliphatic carbocycles. The number of ether oxygens (including phenoxy) is 3. The van der Waals surface area contributed by atoms with Gasteiger partial charge < -0.3 is 29.8 Å². The minimum Gasteiger partial charge on any atom is -0.497 e. The number of esters is 1. The molecule has 2 heterocycles. The lowest BCUT2D eigenvalue weighted by atomic mass is 10.1. The summed E-state index contributed by atoms with van der Waals surface area (Å²) < 4.78 is 18.1. The molecule has 3 rings (SSSR count). The molecule has 0 aliphatic heterocycles. The summed E-state index contributed by atoms with van der Waals surface area (Å²) >= 11 is 2.14. The van der Waals surface area contributed by atoms with Crippen molar-refractivity contribution in [1.82, 2.24) is 14.8 Å². The number of carbonyl (C=O) groups is 3. The molecule has 0 saturated heterocycles. The van der Waals surface area contributed by atoms with Crippen LogP contribution in [0.25, 0.3) is 0 Å². The van der Waals surface area contributed by atoms with Gasteiger partial charge in [-0.15, -0.1) is 21.5 Å². The predicted octanol–water partition coefficient (Wildman–Crippen LogP) is 3.82. The fourth-order valence-corrected chi connectivity index (χ4v) is 5.37. The van der Waals surface area contributed by atoms with Gasteiger partial charge in [-0.25, -0.2) is 4.79 Å². The first-order valence-corrected chi connectivity index (χ1v) is 13.3. The van der Waals surface area contributed by atoms with E-state index in [2.05, 4.69) is 15.5 Å². The second kappa shape index (κ2) is 12.6. The van der Waals surface area contributed by atoms with Gasteiger partial charge in [0.15, 0.2) is 17.1 Å². The van der Waals surface area contributed by atoms with Crippen molar-refractivity contribution in [1.29, 1.82) is 0 Å². The molecule has 3 N–H and O–H groups in total. The van der Waals surface area contributed by atoms with Crippen LogP contribution >= 0.6 is 23.1 Å². The minimum absolute atomic E-state index is 0.00301. The molecule has 0 spiro atoms. The first-order valence-electron chi connectivity index (χ1n) is 11.5. The third kappa shape index (κ3) is 6.60. The monoisotopic (exact) mass is 547 g/mol. The van der Waals surface area contributed by atoms with Crippen LogP contribution < -0.4 is 20.5 Å². The Balaban J connectivity index is 1.70. The van der Waals surface area contributed by atoms with Crippen LogP contribution in [0.2, 0.25) is 0 Å². The molecular formula is C24H29N5O6S2. The van der Waals surface area contributed by atoms with Crippen LogP contribution in [0.3, 0.4) is 0 Å². The number of hydrogen-bond donors (Lipinski definition) is 2. The van der Waals surface area contributed by atoms with Gasteiger partial charge in [0, 0.05) is 6.54 Å². The highest BCUT2D eigenvalue weighted by atomic mass is 32.2. The Labute approximate surface area is 222 Å². The van der Waals surface area contributed by atoms with Crippen LogP contribution in [0, 0.1) is 6.92 Å². The maximum atomic E-state index is 12.8. The number of aromatic nitrogens is 3. The molecule has 2 aromatic heterocycles. The van der Waals surface area contributed by atoms with E-state index in [-0.39, 0.29) is 33.7 Å². The van der Waals surface area contributed by atoms with Crippen LogP contribution in [0.5, 0.6) is 11.5 Å². The third-order valence-corrected chi connectivity index (χ3v) is 7.42. The Morgan fingerprint density at radius 1 is 1.16 bits per heavy atom. The van der Waals surface area contributed by atoms with Crippen molar-refractivity contribution in [2.45, 2.75) is 45.5 Å². The van der Waals surface area contributed by atoms with Crippen LogP contribution in [-0.2, 0) is 16.1 Å². The lowest BCUT2D eigenvalue weighted by Gasteiger charge is -2.15. The molecule has 37 heavy (non-hydrogen) atoms.